The number of ether oxygens (including phenoxy) is 1. The predicted octanol–water partition coefficient (Wildman–Crippen LogP) is 3.16. The normalized spacial score (nSPS) is 10.8. The Kier molecular flexibility index (Phi) is 12.1. The minimum atomic E-state index is -0.487. The lowest BCUT2D eigenvalue weighted by Crippen LogP contribution is -2.38. The van der Waals surface area contributed by atoms with Crippen LogP contribution in [0.1, 0.15) is 18.1 Å². The number of carbonyl (C=O) groups is 1. The van der Waals surface area contributed by atoms with Gasteiger partial charge in [0.25, 0.3) is 5.91 Å². The second-order valence-electron chi connectivity index (χ2n) is 6.21. The van der Waals surface area contributed by atoms with Crippen molar-refractivity contribution in [3.63, 3.8) is 0 Å². The van der Waals surface area contributed by atoms with Gasteiger partial charge in [0.15, 0.2) is 12.6 Å². The van der Waals surface area contributed by atoms with E-state index in [2.05, 4.69) is 15.6 Å². The molecule has 4 N–H and O–H groups in total. The molecule has 2 aromatic carbocycles. The number of hydrogen-bond acceptors (Lipinski definition) is 3. The van der Waals surface area contributed by atoms with E-state index in [-0.39, 0.29) is 30.6 Å². The topological polar surface area (TPSA) is 88.7 Å². The summed E-state index contributed by atoms with van der Waals surface area (Å²) in [5.41, 5.74) is 7.44. The van der Waals surface area contributed by atoms with E-state index in [9.17, 15) is 4.79 Å². The fraction of sp³-hybridized carbons (Fsp3) is 0.333. The molecule has 0 bridgehead atoms. The van der Waals surface area contributed by atoms with Crippen molar-refractivity contribution >= 4 is 47.4 Å². The Balaban J connectivity index is 0.00000420. The van der Waals surface area contributed by atoms with Crippen molar-refractivity contribution in [2.24, 2.45) is 10.7 Å². The number of amides is 1. The van der Waals surface area contributed by atoms with Gasteiger partial charge in [0.2, 0.25) is 0 Å². The third-order valence-corrected chi connectivity index (χ3v) is 4.19. The van der Waals surface area contributed by atoms with E-state index in [0.29, 0.717) is 12.3 Å². The maximum absolute atomic E-state index is 10.7. The van der Waals surface area contributed by atoms with Crippen molar-refractivity contribution in [3.8, 4) is 5.75 Å². The molecule has 0 radical (unpaired) electrons. The monoisotopic (exact) mass is 530 g/mol. The Morgan fingerprint density at radius 3 is 2.28 bits per heavy atom. The predicted molar refractivity (Wildman–Crippen MR) is 129 cm³/mol. The number of halogens is 2. The van der Waals surface area contributed by atoms with Crippen molar-refractivity contribution in [2.75, 3.05) is 26.2 Å². The number of rotatable bonds is 10. The van der Waals surface area contributed by atoms with E-state index in [0.717, 1.165) is 42.5 Å². The van der Waals surface area contributed by atoms with Crippen LogP contribution in [0.4, 0.5) is 0 Å². The van der Waals surface area contributed by atoms with Crippen molar-refractivity contribution < 1.29 is 9.53 Å². The van der Waals surface area contributed by atoms with Gasteiger partial charge in [-0.05, 0) is 55.2 Å². The van der Waals surface area contributed by atoms with Crippen molar-refractivity contribution in [1.82, 2.24) is 10.6 Å². The summed E-state index contributed by atoms with van der Waals surface area (Å²) in [4.78, 5) is 15.3. The summed E-state index contributed by atoms with van der Waals surface area (Å²) in [6.45, 7) is 4.19. The van der Waals surface area contributed by atoms with E-state index in [4.69, 9.17) is 22.1 Å². The molecule has 158 valence electrons. The van der Waals surface area contributed by atoms with E-state index in [1.165, 1.54) is 5.56 Å². The lowest BCUT2D eigenvalue weighted by molar-refractivity contribution is -0.119. The van der Waals surface area contributed by atoms with Gasteiger partial charge in [-0.2, -0.15) is 0 Å². The third kappa shape index (κ3) is 10.4. The van der Waals surface area contributed by atoms with Crippen LogP contribution in [0.25, 0.3) is 0 Å². The second-order valence-corrected chi connectivity index (χ2v) is 6.65. The number of carbonyl (C=O) groups excluding carboxylic acids is 1. The number of primary amides is 1. The highest BCUT2D eigenvalue weighted by atomic mass is 127. The maximum atomic E-state index is 10.7. The second kappa shape index (κ2) is 14.1. The first kappa shape index (κ1) is 25.0. The maximum Gasteiger partial charge on any atom is 0.255 e. The average Bonchev–Trinajstić information content (AvgIpc) is 2.69. The van der Waals surface area contributed by atoms with Crippen LogP contribution in [-0.4, -0.2) is 38.1 Å². The molecule has 0 aliphatic carbocycles. The Bertz CT molecular complexity index is 767. The average molecular weight is 531 g/mol. The molecule has 0 aromatic heterocycles. The molecule has 29 heavy (non-hydrogen) atoms. The quantitative estimate of drug-likeness (QED) is 0.250. The Labute approximate surface area is 194 Å². The Hall–Kier alpha value is -2.00. The largest absolute Gasteiger partial charge is 0.484 e. The summed E-state index contributed by atoms with van der Waals surface area (Å²) in [7, 11) is 0. The number of guanidine groups is 1. The summed E-state index contributed by atoms with van der Waals surface area (Å²) >= 11 is 5.91. The fourth-order valence-electron chi connectivity index (χ4n) is 2.52. The SMILES string of the molecule is CCNC(=NCCc1ccc(Cl)cc1)NCCc1ccc(OCC(N)=O)cc1.I. The summed E-state index contributed by atoms with van der Waals surface area (Å²) < 4.78 is 5.26. The highest BCUT2D eigenvalue weighted by molar-refractivity contribution is 14.0. The lowest BCUT2D eigenvalue weighted by Gasteiger charge is -2.11. The summed E-state index contributed by atoms with van der Waals surface area (Å²) in [5.74, 6) is 0.949. The van der Waals surface area contributed by atoms with E-state index in [1.54, 1.807) is 0 Å². The Morgan fingerprint density at radius 1 is 1.03 bits per heavy atom. The van der Waals surface area contributed by atoms with Crippen LogP contribution in [0.3, 0.4) is 0 Å². The molecule has 8 heteroatoms. The van der Waals surface area contributed by atoms with Gasteiger partial charge in [-0.3, -0.25) is 9.79 Å². The summed E-state index contributed by atoms with van der Waals surface area (Å²) in [6, 6.07) is 15.5. The molecule has 0 aliphatic heterocycles. The number of nitrogens with zero attached hydrogens (tertiary/aromatic N) is 1. The standard InChI is InChI=1S/C21H27ClN4O2.HI/c1-2-24-21(25-13-11-16-3-7-18(22)8-4-16)26-14-12-17-5-9-19(10-6-17)28-15-20(23)27;/h3-10H,2,11-15H2,1H3,(H2,23,27)(H2,24,25,26);1H. The molecule has 2 rings (SSSR count). The molecule has 2 aromatic rings. The summed E-state index contributed by atoms with van der Waals surface area (Å²) in [6.07, 6.45) is 1.71. The molecule has 6 nitrogen and oxygen atoms in total. The molecule has 1 amide bonds. The molecular formula is C21H28ClIN4O2. The molecule has 0 spiro atoms. The van der Waals surface area contributed by atoms with Gasteiger partial charge in [-0.25, -0.2) is 0 Å². The van der Waals surface area contributed by atoms with Crippen LogP contribution >= 0.6 is 35.6 Å². The van der Waals surface area contributed by atoms with Crippen LogP contribution in [0.2, 0.25) is 5.02 Å². The van der Waals surface area contributed by atoms with Crippen LogP contribution in [-0.2, 0) is 17.6 Å². The third-order valence-electron chi connectivity index (χ3n) is 3.94. The first-order valence-electron chi connectivity index (χ1n) is 9.33. The van der Waals surface area contributed by atoms with Gasteiger partial charge in [0.05, 0.1) is 0 Å². The van der Waals surface area contributed by atoms with Crippen molar-refractivity contribution in [1.29, 1.82) is 0 Å². The van der Waals surface area contributed by atoms with Gasteiger partial charge in [0.1, 0.15) is 5.75 Å². The molecule has 0 fully saturated rings. The molecule has 0 heterocycles. The van der Waals surface area contributed by atoms with Crippen molar-refractivity contribution in [3.05, 3.63) is 64.7 Å². The summed E-state index contributed by atoms with van der Waals surface area (Å²) in [5, 5.41) is 7.34. The van der Waals surface area contributed by atoms with E-state index >= 15 is 0 Å². The van der Waals surface area contributed by atoms with Gasteiger partial charge >= 0.3 is 0 Å². The fourth-order valence-corrected chi connectivity index (χ4v) is 2.65. The van der Waals surface area contributed by atoms with Gasteiger partial charge in [0, 0.05) is 24.7 Å². The molecule has 0 unspecified atom stereocenters. The minimum Gasteiger partial charge on any atom is -0.484 e. The number of benzene rings is 2. The molecule has 0 saturated heterocycles. The van der Waals surface area contributed by atoms with Crippen LogP contribution in [0, 0.1) is 0 Å². The smallest absolute Gasteiger partial charge is 0.255 e. The zero-order valence-electron chi connectivity index (χ0n) is 16.5. The van der Waals surface area contributed by atoms with Crippen LogP contribution in [0.15, 0.2) is 53.5 Å². The minimum absolute atomic E-state index is 0. The number of nitrogens with one attached hydrogen (secondary N) is 2. The number of hydrogen-bond donors (Lipinski definition) is 3. The lowest BCUT2D eigenvalue weighted by atomic mass is 10.1. The van der Waals surface area contributed by atoms with Gasteiger partial charge in [-0.15, -0.1) is 24.0 Å². The van der Waals surface area contributed by atoms with Gasteiger partial charge in [-0.1, -0.05) is 35.9 Å². The van der Waals surface area contributed by atoms with Crippen molar-refractivity contribution in [2.45, 2.75) is 19.8 Å². The van der Waals surface area contributed by atoms with E-state index < -0.39 is 5.91 Å². The Morgan fingerprint density at radius 2 is 1.66 bits per heavy atom. The number of aliphatic imine (C=N–C) groups is 1. The van der Waals surface area contributed by atoms with E-state index in [1.807, 2.05) is 55.5 Å². The molecule has 0 saturated carbocycles. The zero-order chi connectivity index (χ0) is 20.2. The first-order valence-corrected chi connectivity index (χ1v) is 9.71. The van der Waals surface area contributed by atoms with Crippen LogP contribution < -0.4 is 21.1 Å². The first-order chi connectivity index (χ1) is 13.6. The molecule has 0 aliphatic rings. The highest BCUT2D eigenvalue weighted by Crippen LogP contribution is 2.12. The highest BCUT2D eigenvalue weighted by Gasteiger charge is 2.01. The number of nitrogens with two attached hydrogens (primary N) is 1. The van der Waals surface area contributed by atoms with Crippen LogP contribution in [0.5, 0.6) is 5.75 Å². The molecule has 0 atom stereocenters. The zero-order valence-corrected chi connectivity index (χ0v) is 19.6. The van der Waals surface area contributed by atoms with Gasteiger partial charge < -0.3 is 21.1 Å². The molecular weight excluding hydrogens is 503 g/mol.